The molecule has 0 rings (SSSR count). The molecule has 0 radical (unpaired) electrons. The maximum atomic E-state index is 12.1. The summed E-state index contributed by atoms with van der Waals surface area (Å²) in [6.07, 6.45) is 2.53. The van der Waals surface area contributed by atoms with Crippen molar-refractivity contribution in [3.05, 3.63) is 0 Å². The first-order valence-electron chi connectivity index (χ1n) is 5.19. The van der Waals surface area contributed by atoms with Crippen LogP contribution in [-0.4, -0.2) is 10.1 Å². The second-order valence-electron chi connectivity index (χ2n) is 3.57. The lowest BCUT2D eigenvalue weighted by Crippen LogP contribution is -2.22. The summed E-state index contributed by atoms with van der Waals surface area (Å²) in [6, 6.07) is 0. The van der Waals surface area contributed by atoms with Gasteiger partial charge in [0, 0.05) is 0 Å². The molecular weight excluding hydrogens is 304 g/mol. The number of hydrogen-bond acceptors (Lipinski definition) is 0. The Kier molecular flexibility index (Phi) is 8.05. The predicted octanol–water partition coefficient (Wildman–Crippen LogP) is 5.10. The summed E-state index contributed by atoms with van der Waals surface area (Å²) < 4.78 is 35.1. The van der Waals surface area contributed by atoms with Crippen molar-refractivity contribution in [1.29, 1.82) is 0 Å². The van der Waals surface area contributed by atoms with Gasteiger partial charge in [-0.05, 0) is 6.42 Å². The van der Waals surface area contributed by atoms with Crippen molar-refractivity contribution >= 4 is 22.6 Å². The second kappa shape index (κ2) is 7.77. The average Bonchev–Trinajstić information content (AvgIpc) is 2.09. The number of rotatable bonds is 7. The van der Waals surface area contributed by atoms with Crippen LogP contribution in [0, 0.1) is 0 Å². The molecule has 14 heavy (non-hydrogen) atoms. The summed E-state index contributed by atoms with van der Waals surface area (Å²) in [6.45, 7) is 2.13. The highest BCUT2D eigenvalue weighted by atomic mass is 127. The monoisotopic (exact) mass is 322 g/mol. The smallest absolute Gasteiger partial charge is 0.170 e. The van der Waals surface area contributed by atoms with Crippen molar-refractivity contribution in [2.75, 3.05) is 0 Å². The van der Waals surface area contributed by atoms with Crippen molar-refractivity contribution in [3.63, 3.8) is 0 Å². The van der Waals surface area contributed by atoms with Crippen LogP contribution in [0.15, 0.2) is 0 Å². The lowest BCUT2D eigenvalue weighted by atomic mass is 10.1. The van der Waals surface area contributed by atoms with Crippen LogP contribution in [0.25, 0.3) is 0 Å². The standard InChI is InChI=1S/C10H18F3I/c1-2-3-4-5-6-7-8-9(14)10(11,12)13/h9H,2-8H2,1H3. The average molecular weight is 322 g/mol. The van der Waals surface area contributed by atoms with Gasteiger partial charge in [-0.2, -0.15) is 13.2 Å². The number of unbranched alkanes of at least 4 members (excludes halogenated alkanes) is 5. The van der Waals surface area contributed by atoms with E-state index in [0.717, 1.165) is 19.3 Å². The largest absolute Gasteiger partial charge is 0.400 e. The summed E-state index contributed by atoms with van der Waals surface area (Å²) in [5.41, 5.74) is 0. The van der Waals surface area contributed by atoms with Crippen LogP contribution < -0.4 is 0 Å². The number of hydrogen-bond donors (Lipinski definition) is 0. The van der Waals surface area contributed by atoms with E-state index >= 15 is 0 Å². The summed E-state index contributed by atoms with van der Waals surface area (Å²) in [4.78, 5) is 0. The Bertz CT molecular complexity index is 134. The van der Waals surface area contributed by atoms with Gasteiger partial charge in [-0.1, -0.05) is 68.0 Å². The second-order valence-corrected chi connectivity index (χ2v) is 5.07. The maximum Gasteiger partial charge on any atom is 0.400 e. The normalized spacial score (nSPS) is 14.4. The third kappa shape index (κ3) is 7.88. The molecule has 0 aliphatic carbocycles. The molecule has 4 heteroatoms. The lowest BCUT2D eigenvalue weighted by Gasteiger charge is -2.13. The highest BCUT2D eigenvalue weighted by Gasteiger charge is 2.36. The van der Waals surface area contributed by atoms with Gasteiger partial charge in [0.2, 0.25) is 0 Å². The van der Waals surface area contributed by atoms with E-state index in [1.807, 2.05) is 0 Å². The van der Waals surface area contributed by atoms with Crippen molar-refractivity contribution in [2.45, 2.75) is 62.0 Å². The SMILES string of the molecule is CCCCCCCCC(I)C(F)(F)F. The molecule has 0 aliphatic heterocycles. The zero-order chi connectivity index (χ0) is 11.0. The molecule has 0 spiro atoms. The van der Waals surface area contributed by atoms with Gasteiger partial charge in [0.15, 0.2) is 0 Å². The third-order valence-electron chi connectivity index (χ3n) is 2.17. The van der Waals surface area contributed by atoms with E-state index in [2.05, 4.69) is 6.92 Å². The minimum atomic E-state index is -4.01. The molecule has 0 heterocycles. The zero-order valence-electron chi connectivity index (χ0n) is 8.54. The van der Waals surface area contributed by atoms with Crippen LogP contribution in [0.2, 0.25) is 0 Å². The third-order valence-corrected chi connectivity index (χ3v) is 3.50. The molecule has 0 nitrogen and oxygen atoms in total. The summed E-state index contributed by atoms with van der Waals surface area (Å²) >= 11 is 1.49. The van der Waals surface area contributed by atoms with E-state index in [4.69, 9.17) is 0 Å². The first kappa shape index (κ1) is 14.5. The number of alkyl halides is 4. The Hall–Kier alpha value is 0.520. The van der Waals surface area contributed by atoms with E-state index in [1.165, 1.54) is 35.4 Å². The molecule has 1 atom stereocenters. The van der Waals surface area contributed by atoms with Crippen LogP contribution in [0.5, 0.6) is 0 Å². The van der Waals surface area contributed by atoms with E-state index in [-0.39, 0.29) is 6.42 Å². The fourth-order valence-electron chi connectivity index (χ4n) is 1.27. The molecule has 0 aromatic heterocycles. The van der Waals surface area contributed by atoms with Crippen LogP contribution in [-0.2, 0) is 0 Å². The van der Waals surface area contributed by atoms with E-state index < -0.39 is 10.1 Å². The molecule has 0 saturated heterocycles. The fraction of sp³-hybridized carbons (Fsp3) is 1.00. The zero-order valence-corrected chi connectivity index (χ0v) is 10.7. The molecule has 0 aliphatic rings. The topological polar surface area (TPSA) is 0 Å². The van der Waals surface area contributed by atoms with Gasteiger partial charge >= 0.3 is 6.18 Å². The highest BCUT2D eigenvalue weighted by Crippen LogP contribution is 2.30. The van der Waals surface area contributed by atoms with Crippen molar-refractivity contribution in [3.8, 4) is 0 Å². The molecule has 0 fully saturated rings. The molecule has 0 saturated carbocycles. The first-order valence-corrected chi connectivity index (χ1v) is 6.43. The molecular formula is C10H18F3I. The van der Waals surface area contributed by atoms with Gasteiger partial charge in [-0.15, -0.1) is 0 Å². The first-order chi connectivity index (χ1) is 6.48. The van der Waals surface area contributed by atoms with Gasteiger partial charge in [0.05, 0.1) is 0 Å². The Balaban J connectivity index is 3.28. The molecule has 1 unspecified atom stereocenters. The van der Waals surface area contributed by atoms with Crippen LogP contribution in [0.1, 0.15) is 51.9 Å². The van der Waals surface area contributed by atoms with E-state index in [9.17, 15) is 13.2 Å². The Morgan fingerprint density at radius 2 is 1.50 bits per heavy atom. The van der Waals surface area contributed by atoms with Crippen LogP contribution in [0.3, 0.4) is 0 Å². The highest BCUT2D eigenvalue weighted by molar-refractivity contribution is 14.1. The molecule has 0 aromatic carbocycles. The van der Waals surface area contributed by atoms with Gasteiger partial charge in [0.1, 0.15) is 3.92 Å². The van der Waals surface area contributed by atoms with Crippen LogP contribution >= 0.6 is 22.6 Å². The van der Waals surface area contributed by atoms with E-state index in [0.29, 0.717) is 6.42 Å². The Morgan fingerprint density at radius 1 is 1.00 bits per heavy atom. The van der Waals surface area contributed by atoms with Gasteiger partial charge < -0.3 is 0 Å². The molecule has 86 valence electrons. The molecule has 0 N–H and O–H groups in total. The van der Waals surface area contributed by atoms with Gasteiger partial charge in [-0.25, -0.2) is 0 Å². The summed E-state index contributed by atoms with van der Waals surface area (Å²) in [5.74, 6) is 0. The summed E-state index contributed by atoms with van der Waals surface area (Å²) in [7, 11) is 0. The van der Waals surface area contributed by atoms with E-state index in [1.54, 1.807) is 0 Å². The van der Waals surface area contributed by atoms with Crippen molar-refractivity contribution in [2.24, 2.45) is 0 Å². The quantitative estimate of drug-likeness (QED) is 0.347. The lowest BCUT2D eigenvalue weighted by molar-refractivity contribution is -0.126. The fourth-order valence-corrected chi connectivity index (χ4v) is 1.71. The maximum absolute atomic E-state index is 12.1. The minimum Gasteiger partial charge on any atom is -0.170 e. The predicted molar refractivity (Wildman–Crippen MR) is 61.9 cm³/mol. The Morgan fingerprint density at radius 3 is 2.00 bits per heavy atom. The minimum absolute atomic E-state index is 0.274. The molecule has 0 bridgehead atoms. The van der Waals surface area contributed by atoms with Gasteiger partial charge in [-0.3, -0.25) is 0 Å². The number of halogens is 4. The Labute approximate surface area is 97.8 Å². The van der Waals surface area contributed by atoms with Crippen LogP contribution in [0.4, 0.5) is 13.2 Å². The summed E-state index contributed by atoms with van der Waals surface area (Å²) in [5, 5.41) is 0. The van der Waals surface area contributed by atoms with Crippen molar-refractivity contribution in [1.82, 2.24) is 0 Å². The van der Waals surface area contributed by atoms with Crippen molar-refractivity contribution < 1.29 is 13.2 Å². The van der Waals surface area contributed by atoms with Gasteiger partial charge in [0.25, 0.3) is 0 Å². The molecule has 0 amide bonds. The molecule has 0 aromatic rings.